The number of carboxylic acids is 2. The fourth-order valence-electron chi connectivity index (χ4n) is 1.97. The smallest absolute Gasteiger partial charge is 0.545 e. The van der Waals surface area contributed by atoms with E-state index in [0.29, 0.717) is 0 Å². The fourth-order valence-corrected chi connectivity index (χ4v) is 1.97. The van der Waals surface area contributed by atoms with E-state index in [2.05, 4.69) is 0 Å². The number of nitrogens with two attached hydrogens (primary N) is 1. The first-order chi connectivity index (χ1) is 14.1. The summed E-state index contributed by atoms with van der Waals surface area (Å²) in [6.45, 7) is 0. The minimum atomic E-state index is -1.36. The Morgan fingerprint density at radius 1 is 0.562 bits per heavy atom. The second-order valence-electron chi connectivity index (χ2n) is 5.49. The van der Waals surface area contributed by atoms with Gasteiger partial charge < -0.3 is 40.9 Å². The molecule has 3 rings (SSSR count). The number of amides is 1. The van der Waals surface area contributed by atoms with E-state index in [4.69, 9.17) is 21.1 Å². The Balaban J connectivity index is 0. The van der Waals surface area contributed by atoms with Crippen molar-refractivity contribution < 1.29 is 99.0 Å². The van der Waals surface area contributed by atoms with Crippen LogP contribution in [0.3, 0.4) is 0 Å². The number of carboxylic acid groups (broad SMARTS) is 2. The van der Waals surface area contributed by atoms with Gasteiger partial charge in [0.1, 0.15) is 17.2 Å². The van der Waals surface area contributed by atoms with Crippen LogP contribution in [0, 0.1) is 0 Å². The quantitative estimate of drug-likeness (QED) is 0.280. The van der Waals surface area contributed by atoms with E-state index in [1.165, 1.54) is 48.5 Å². The van der Waals surface area contributed by atoms with Gasteiger partial charge in [-0.15, -0.1) is 0 Å². The van der Waals surface area contributed by atoms with E-state index in [1.807, 2.05) is 0 Å². The van der Waals surface area contributed by atoms with E-state index in [9.17, 15) is 24.6 Å². The first-order valence-electron chi connectivity index (χ1n) is 8.21. The van der Waals surface area contributed by atoms with Gasteiger partial charge in [0, 0.05) is 11.1 Å². The van der Waals surface area contributed by atoms with Gasteiger partial charge in [-0.1, -0.05) is 36.4 Å². The van der Waals surface area contributed by atoms with Gasteiger partial charge in [-0.25, -0.2) is 0 Å². The molecule has 5 N–H and O–H groups in total. The van der Waals surface area contributed by atoms with Gasteiger partial charge in [0.05, 0.1) is 17.5 Å². The van der Waals surface area contributed by atoms with Crippen LogP contribution in [0.1, 0.15) is 31.1 Å². The molecule has 0 saturated carbocycles. The Morgan fingerprint density at radius 3 is 0.969 bits per heavy atom. The summed E-state index contributed by atoms with van der Waals surface area (Å²) in [7, 11) is 0. The number of phenols is 3. The van der Waals surface area contributed by atoms with Gasteiger partial charge >= 0.3 is 59.1 Å². The summed E-state index contributed by atoms with van der Waals surface area (Å²) in [5, 5.41) is 47.0. The van der Waals surface area contributed by atoms with Crippen molar-refractivity contribution >= 4 is 17.8 Å². The molecule has 3 aromatic carbocycles. The van der Waals surface area contributed by atoms with E-state index < -0.39 is 17.8 Å². The molecular formula is C21H17NNa2O8. The van der Waals surface area contributed by atoms with Crippen LogP contribution < -0.4 is 75.1 Å². The second kappa shape index (κ2) is 16.2. The molecule has 0 aromatic heterocycles. The molecule has 3 aromatic rings. The van der Waals surface area contributed by atoms with E-state index in [1.54, 1.807) is 24.3 Å². The van der Waals surface area contributed by atoms with Crippen molar-refractivity contribution in [2.24, 2.45) is 5.73 Å². The van der Waals surface area contributed by atoms with Crippen molar-refractivity contribution in [1.29, 1.82) is 0 Å². The van der Waals surface area contributed by atoms with Crippen LogP contribution in [-0.4, -0.2) is 33.2 Å². The molecule has 0 fully saturated rings. The molecule has 0 bridgehead atoms. The zero-order chi connectivity index (χ0) is 22.7. The Morgan fingerprint density at radius 2 is 0.812 bits per heavy atom. The predicted molar refractivity (Wildman–Crippen MR) is 101 cm³/mol. The molecule has 0 aliphatic heterocycles. The van der Waals surface area contributed by atoms with Crippen LogP contribution >= 0.6 is 0 Å². The second-order valence-corrected chi connectivity index (χ2v) is 5.49. The summed E-state index contributed by atoms with van der Waals surface area (Å²) in [4.78, 5) is 30.8. The van der Waals surface area contributed by atoms with Crippen LogP contribution in [0.4, 0.5) is 0 Å². The van der Waals surface area contributed by atoms with Gasteiger partial charge in [-0.05, 0) is 36.4 Å². The predicted octanol–water partition coefficient (Wildman–Crippen LogP) is -5.99. The number of carbonyl (C=O) groups excluding carboxylic acids is 3. The summed E-state index contributed by atoms with van der Waals surface area (Å²) >= 11 is 0. The number of hydrogen-bond donors (Lipinski definition) is 4. The summed E-state index contributed by atoms with van der Waals surface area (Å²) in [5.41, 5.74) is 4.71. The molecule has 156 valence electrons. The van der Waals surface area contributed by atoms with Crippen LogP contribution in [-0.2, 0) is 0 Å². The summed E-state index contributed by atoms with van der Waals surface area (Å²) < 4.78 is 0. The summed E-state index contributed by atoms with van der Waals surface area (Å²) in [6, 6.07) is 17.4. The zero-order valence-corrected chi connectivity index (χ0v) is 21.4. The summed E-state index contributed by atoms with van der Waals surface area (Å²) in [5.74, 6) is -3.94. The van der Waals surface area contributed by atoms with Crippen LogP contribution in [0.15, 0.2) is 72.8 Å². The molecule has 0 aliphatic carbocycles. The number of benzene rings is 3. The van der Waals surface area contributed by atoms with Gasteiger partial charge in [0.15, 0.2) is 0 Å². The standard InChI is InChI=1S/C7H7NO2.2C7H6O3.2Na/c8-7(10)5-3-1-2-4-6(5)9;2*8-6-4-2-1-3-5(6)7(9)10;;/h1-4,9H,(H2,8,10);2*1-4,8H,(H,9,10);;/q;;;2*+1/p-2. The maximum absolute atomic E-state index is 10.5. The molecule has 0 heterocycles. The Bertz CT molecular complexity index is 912. The normalized spacial score (nSPS) is 8.62. The monoisotopic (exact) mass is 457 g/mol. The molecule has 0 spiro atoms. The van der Waals surface area contributed by atoms with Crippen molar-refractivity contribution in [3.05, 3.63) is 89.5 Å². The molecule has 0 unspecified atom stereocenters. The Hall–Kier alpha value is -2.53. The number of carbonyl (C=O) groups is 3. The van der Waals surface area contributed by atoms with Crippen LogP contribution in [0.25, 0.3) is 0 Å². The first-order valence-corrected chi connectivity index (χ1v) is 8.21. The third-order valence-corrected chi connectivity index (χ3v) is 3.42. The Labute approximate surface area is 227 Å². The van der Waals surface area contributed by atoms with E-state index in [-0.39, 0.29) is 93.1 Å². The third kappa shape index (κ3) is 10.7. The number of rotatable bonds is 3. The summed E-state index contributed by atoms with van der Waals surface area (Å²) in [6.07, 6.45) is 0. The van der Waals surface area contributed by atoms with Crippen LogP contribution in [0.2, 0.25) is 0 Å². The minimum Gasteiger partial charge on any atom is -0.545 e. The molecule has 0 radical (unpaired) electrons. The SMILES string of the molecule is NC(=O)c1ccccc1O.O=C([O-])c1ccccc1O.O=C([O-])c1ccccc1O.[Na+].[Na+]. The molecular weight excluding hydrogens is 440 g/mol. The number of para-hydroxylation sites is 3. The average molecular weight is 457 g/mol. The number of hydrogen-bond acceptors (Lipinski definition) is 8. The Kier molecular flexibility index (Phi) is 16.0. The molecule has 0 aliphatic rings. The molecule has 0 atom stereocenters. The van der Waals surface area contributed by atoms with Gasteiger partial charge in [0.2, 0.25) is 0 Å². The van der Waals surface area contributed by atoms with Crippen molar-refractivity contribution in [1.82, 2.24) is 0 Å². The fraction of sp³-hybridized carbons (Fsp3) is 0. The van der Waals surface area contributed by atoms with Crippen molar-refractivity contribution in [2.75, 3.05) is 0 Å². The van der Waals surface area contributed by atoms with Crippen molar-refractivity contribution in [3.63, 3.8) is 0 Å². The maximum atomic E-state index is 10.5. The van der Waals surface area contributed by atoms with Crippen molar-refractivity contribution in [2.45, 2.75) is 0 Å². The molecule has 1 amide bonds. The van der Waals surface area contributed by atoms with Crippen molar-refractivity contribution in [3.8, 4) is 17.2 Å². The van der Waals surface area contributed by atoms with Gasteiger partial charge in [-0.2, -0.15) is 0 Å². The molecule has 32 heavy (non-hydrogen) atoms. The number of aromatic hydroxyl groups is 3. The number of primary amides is 1. The largest absolute Gasteiger partial charge is 1.00 e. The topological polar surface area (TPSA) is 184 Å². The first kappa shape index (κ1) is 31.7. The van der Waals surface area contributed by atoms with E-state index in [0.717, 1.165) is 0 Å². The molecule has 9 nitrogen and oxygen atoms in total. The minimum absolute atomic E-state index is 0. The molecule has 0 saturated heterocycles. The third-order valence-electron chi connectivity index (χ3n) is 3.42. The van der Waals surface area contributed by atoms with E-state index >= 15 is 0 Å². The average Bonchev–Trinajstić information content (AvgIpc) is 2.69. The van der Waals surface area contributed by atoms with Gasteiger partial charge in [-0.3, -0.25) is 4.79 Å². The van der Waals surface area contributed by atoms with Gasteiger partial charge in [0.25, 0.3) is 5.91 Å². The number of aromatic carboxylic acids is 2. The maximum Gasteiger partial charge on any atom is 1.00 e. The molecule has 11 heteroatoms. The zero-order valence-electron chi connectivity index (χ0n) is 17.4. The van der Waals surface area contributed by atoms with Crippen LogP contribution in [0.5, 0.6) is 17.2 Å².